The lowest BCUT2D eigenvalue weighted by Crippen LogP contribution is -1.95. The van der Waals surface area contributed by atoms with Crippen LogP contribution in [0, 0.1) is 18.3 Å². The average molecular weight is 345 g/mol. The molecule has 2 aromatic rings. The Morgan fingerprint density at radius 1 is 1.24 bits per heavy atom. The number of aromatic nitrogens is 1. The molecule has 1 aliphatic rings. The number of alkyl halides is 2. The van der Waals surface area contributed by atoms with Crippen LogP contribution in [-0.2, 0) is 4.79 Å². The summed E-state index contributed by atoms with van der Waals surface area (Å²) in [4.78, 5) is 14.7. The third-order valence-electron chi connectivity index (χ3n) is 3.26. The van der Waals surface area contributed by atoms with Crippen molar-refractivity contribution in [1.82, 2.24) is 4.98 Å². The van der Waals surface area contributed by atoms with Gasteiger partial charge in [0.2, 0.25) is 12.3 Å². The first-order chi connectivity index (χ1) is 11.9. The zero-order valence-electron chi connectivity index (χ0n) is 14.5. The fourth-order valence-electron chi connectivity index (χ4n) is 1.77. The highest BCUT2D eigenvalue weighted by molar-refractivity contribution is 5.76. The van der Waals surface area contributed by atoms with E-state index in [0.29, 0.717) is 12.0 Å². The maximum atomic E-state index is 11.1. The Morgan fingerprint density at radius 2 is 1.88 bits per heavy atom. The molecule has 0 aliphatic heterocycles. The van der Waals surface area contributed by atoms with Crippen LogP contribution < -0.4 is 5.32 Å². The van der Waals surface area contributed by atoms with Crippen LogP contribution >= 0.6 is 0 Å². The van der Waals surface area contributed by atoms with E-state index in [-0.39, 0.29) is 12.8 Å². The van der Waals surface area contributed by atoms with Gasteiger partial charge < -0.3 is 5.32 Å². The van der Waals surface area contributed by atoms with E-state index in [1.807, 2.05) is 45.0 Å². The van der Waals surface area contributed by atoms with Gasteiger partial charge in [-0.05, 0) is 36.8 Å². The second-order valence-corrected chi connectivity index (χ2v) is 5.19. The third kappa shape index (κ3) is 6.68. The number of benzene rings is 1. The van der Waals surface area contributed by atoms with Crippen LogP contribution in [0.4, 0.5) is 14.5 Å². The summed E-state index contributed by atoms with van der Waals surface area (Å²) in [7, 11) is 0. The van der Waals surface area contributed by atoms with Crippen molar-refractivity contribution < 1.29 is 13.6 Å². The van der Waals surface area contributed by atoms with E-state index in [2.05, 4.69) is 10.3 Å². The second-order valence-electron chi connectivity index (χ2n) is 5.19. The molecule has 0 spiro atoms. The lowest BCUT2D eigenvalue weighted by atomic mass is 10.0. The SMILES string of the molecule is CC.Cc1ccc(NC=O)cc1-c1ccc(C#N)cn1.FC1(F)CC1. The lowest BCUT2D eigenvalue weighted by molar-refractivity contribution is -0.105. The van der Waals surface area contributed by atoms with Crippen molar-refractivity contribution in [2.24, 2.45) is 0 Å². The highest BCUT2D eigenvalue weighted by atomic mass is 19.3. The van der Waals surface area contributed by atoms with E-state index < -0.39 is 5.92 Å². The van der Waals surface area contributed by atoms with E-state index >= 15 is 0 Å². The van der Waals surface area contributed by atoms with Crippen LogP contribution in [0.1, 0.15) is 37.8 Å². The van der Waals surface area contributed by atoms with Gasteiger partial charge in [-0.15, -0.1) is 0 Å². The molecule has 4 nitrogen and oxygen atoms in total. The molecule has 1 amide bonds. The van der Waals surface area contributed by atoms with Crippen molar-refractivity contribution in [2.75, 3.05) is 5.32 Å². The summed E-state index contributed by atoms with van der Waals surface area (Å²) in [6, 6.07) is 11.2. The molecule has 1 aromatic heterocycles. The Bertz CT molecular complexity index is 731. The molecule has 0 bridgehead atoms. The maximum absolute atomic E-state index is 11.1. The lowest BCUT2D eigenvalue weighted by Gasteiger charge is -2.07. The zero-order valence-corrected chi connectivity index (χ0v) is 14.5. The van der Waals surface area contributed by atoms with Crippen molar-refractivity contribution in [3.8, 4) is 17.3 Å². The fourth-order valence-corrected chi connectivity index (χ4v) is 1.77. The number of nitriles is 1. The number of nitrogens with one attached hydrogen (secondary N) is 1. The van der Waals surface area contributed by atoms with Crippen molar-refractivity contribution in [3.63, 3.8) is 0 Å². The largest absolute Gasteiger partial charge is 0.329 e. The summed E-state index contributed by atoms with van der Waals surface area (Å²) >= 11 is 0. The van der Waals surface area contributed by atoms with Crippen LogP contribution in [0.2, 0.25) is 0 Å². The summed E-state index contributed by atoms with van der Waals surface area (Å²) < 4.78 is 22.3. The first-order valence-electron chi connectivity index (χ1n) is 8.00. The van der Waals surface area contributed by atoms with Gasteiger partial charge in [-0.3, -0.25) is 9.78 Å². The Balaban J connectivity index is 0.000000376. The van der Waals surface area contributed by atoms with Gasteiger partial charge in [0.15, 0.2) is 0 Å². The van der Waals surface area contributed by atoms with Gasteiger partial charge in [-0.2, -0.15) is 5.26 Å². The van der Waals surface area contributed by atoms with Gasteiger partial charge in [-0.25, -0.2) is 8.78 Å². The van der Waals surface area contributed by atoms with Crippen molar-refractivity contribution in [1.29, 1.82) is 5.26 Å². The van der Waals surface area contributed by atoms with Gasteiger partial charge in [0, 0.05) is 30.3 Å². The topological polar surface area (TPSA) is 65.8 Å². The second kappa shape index (κ2) is 9.48. The molecule has 0 atom stereocenters. The fraction of sp³-hybridized carbons (Fsp3) is 0.316. The van der Waals surface area contributed by atoms with Gasteiger partial charge in [0.05, 0.1) is 11.3 Å². The number of carbonyl (C=O) groups is 1. The molecule has 25 heavy (non-hydrogen) atoms. The van der Waals surface area contributed by atoms with Gasteiger partial charge in [0.25, 0.3) is 0 Å². The number of hydrogen-bond acceptors (Lipinski definition) is 3. The minimum Gasteiger partial charge on any atom is -0.329 e. The van der Waals surface area contributed by atoms with Crippen LogP contribution in [-0.4, -0.2) is 17.3 Å². The van der Waals surface area contributed by atoms with Gasteiger partial charge in [-0.1, -0.05) is 19.9 Å². The van der Waals surface area contributed by atoms with Gasteiger partial charge >= 0.3 is 0 Å². The minimum atomic E-state index is -2.25. The van der Waals surface area contributed by atoms with Crippen LogP contribution in [0.5, 0.6) is 0 Å². The standard InChI is InChI=1S/C14H11N3O.C3H4F2.C2H6/c1-10-2-4-12(17-9-18)6-13(10)14-5-3-11(7-15)8-16-14;4-3(5)1-2-3;1-2/h2-6,8-9H,1H3,(H,17,18);1-2H2;1-2H3. The molecule has 1 saturated carbocycles. The van der Waals surface area contributed by atoms with Crippen LogP contribution in [0.3, 0.4) is 0 Å². The smallest absolute Gasteiger partial charge is 0.248 e. The zero-order chi connectivity index (χ0) is 18.9. The number of amides is 1. The first kappa shape index (κ1) is 20.2. The van der Waals surface area contributed by atoms with E-state index in [4.69, 9.17) is 5.26 Å². The summed E-state index contributed by atoms with van der Waals surface area (Å²) in [5.41, 5.74) is 4.02. The van der Waals surface area contributed by atoms with Crippen LogP contribution in [0.25, 0.3) is 11.3 Å². The predicted molar refractivity (Wildman–Crippen MR) is 94.3 cm³/mol. The molecule has 6 heteroatoms. The molecule has 1 aliphatic carbocycles. The summed E-state index contributed by atoms with van der Waals surface area (Å²) in [6.45, 7) is 5.97. The number of aryl methyl sites for hydroxylation is 1. The molecular formula is C19H21F2N3O. The van der Waals surface area contributed by atoms with E-state index in [1.165, 1.54) is 6.20 Å². The van der Waals surface area contributed by atoms with E-state index in [1.54, 1.807) is 12.1 Å². The first-order valence-corrected chi connectivity index (χ1v) is 8.00. The number of halogens is 2. The predicted octanol–water partition coefficient (Wildman–Crippen LogP) is 4.94. The number of hydrogen-bond donors (Lipinski definition) is 1. The number of anilines is 1. The molecule has 0 unspecified atom stereocenters. The van der Waals surface area contributed by atoms with Crippen molar-refractivity contribution in [3.05, 3.63) is 47.7 Å². The Morgan fingerprint density at radius 3 is 2.32 bits per heavy atom. The summed E-state index contributed by atoms with van der Waals surface area (Å²) in [5.74, 6) is -2.25. The molecule has 1 heterocycles. The summed E-state index contributed by atoms with van der Waals surface area (Å²) in [6.07, 6.45) is 2.41. The number of pyridine rings is 1. The maximum Gasteiger partial charge on any atom is 0.248 e. The quantitative estimate of drug-likeness (QED) is 0.801. The van der Waals surface area contributed by atoms with E-state index in [9.17, 15) is 13.6 Å². The molecule has 1 aromatic carbocycles. The molecule has 1 N–H and O–H groups in total. The minimum absolute atomic E-state index is 0.118. The van der Waals surface area contributed by atoms with E-state index in [0.717, 1.165) is 22.5 Å². The van der Waals surface area contributed by atoms with Crippen LogP contribution in [0.15, 0.2) is 36.5 Å². The van der Waals surface area contributed by atoms with Crippen molar-refractivity contribution in [2.45, 2.75) is 39.5 Å². The monoisotopic (exact) mass is 345 g/mol. The Kier molecular flexibility index (Phi) is 7.67. The highest BCUT2D eigenvalue weighted by Crippen LogP contribution is 2.40. The molecular weight excluding hydrogens is 324 g/mol. The highest BCUT2D eigenvalue weighted by Gasteiger charge is 2.43. The number of rotatable bonds is 3. The molecule has 0 radical (unpaired) electrons. The number of nitrogens with zero attached hydrogens (tertiary/aromatic N) is 2. The Hall–Kier alpha value is -2.81. The average Bonchev–Trinajstić information content (AvgIpc) is 3.34. The molecule has 1 fully saturated rings. The molecule has 132 valence electrons. The van der Waals surface area contributed by atoms with Gasteiger partial charge in [0.1, 0.15) is 6.07 Å². The number of carbonyl (C=O) groups excluding carboxylic acids is 1. The Labute approximate surface area is 146 Å². The normalized spacial score (nSPS) is 13.1. The van der Waals surface area contributed by atoms with Crippen molar-refractivity contribution >= 4 is 12.1 Å². The molecule has 3 rings (SSSR count). The summed E-state index contributed by atoms with van der Waals surface area (Å²) in [5, 5.41) is 11.3. The third-order valence-corrected chi connectivity index (χ3v) is 3.26. The molecule has 0 saturated heterocycles.